The summed E-state index contributed by atoms with van der Waals surface area (Å²) in [6, 6.07) is 7.25. The highest BCUT2D eigenvalue weighted by molar-refractivity contribution is 5.66. The molecule has 3 rings (SSSR count). The zero-order valence-electron chi connectivity index (χ0n) is 13.8. The molecular weight excluding hydrogens is 290 g/mol. The molecule has 1 aromatic rings. The number of carboxylic acids is 1. The van der Waals surface area contributed by atoms with Gasteiger partial charge in [0.1, 0.15) is 5.75 Å². The predicted octanol–water partition coefficient (Wildman–Crippen LogP) is 3.62. The van der Waals surface area contributed by atoms with Crippen molar-refractivity contribution in [2.45, 2.75) is 64.0 Å². The Kier molecular flexibility index (Phi) is 5.55. The number of carbonyl (C=O) groups is 1. The standard InChI is InChI=1S/C19H27NO3/c21-19(22)7-3-4-11-20(17-5-1-2-6-17)14-15-8-9-18-16(13-15)10-12-23-18/h8-9,13,17H,1-7,10-12,14H2,(H,21,22). The summed E-state index contributed by atoms with van der Waals surface area (Å²) in [4.78, 5) is 13.2. The van der Waals surface area contributed by atoms with Crippen LogP contribution in [0.4, 0.5) is 0 Å². The first-order valence-electron chi connectivity index (χ1n) is 8.93. The van der Waals surface area contributed by atoms with Crippen LogP contribution in [0.1, 0.15) is 56.1 Å². The van der Waals surface area contributed by atoms with Gasteiger partial charge in [0, 0.05) is 25.4 Å². The first-order chi connectivity index (χ1) is 11.2. The van der Waals surface area contributed by atoms with E-state index in [0.717, 1.165) is 44.7 Å². The van der Waals surface area contributed by atoms with Gasteiger partial charge in [0.05, 0.1) is 6.61 Å². The van der Waals surface area contributed by atoms with Gasteiger partial charge >= 0.3 is 5.97 Å². The van der Waals surface area contributed by atoms with Crippen molar-refractivity contribution >= 4 is 5.97 Å². The van der Waals surface area contributed by atoms with Gasteiger partial charge in [-0.1, -0.05) is 25.0 Å². The molecule has 1 aliphatic heterocycles. The van der Waals surface area contributed by atoms with E-state index in [9.17, 15) is 4.79 Å². The second-order valence-corrected chi connectivity index (χ2v) is 6.80. The lowest BCUT2D eigenvalue weighted by Gasteiger charge is -2.29. The molecule has 0 spiro atoms. The lowest BCUT2D eigenvalue weighted by Crippen LogP contribution is -2.33. The number of fused-ring (bicyclic) bond motifs is 1. The molecule has 0 aromatic heterocycles. The maximum Gasteiger partial charge on any atom is 0.303 e. The van der Waals surface area contributed by atoms with Crippen LogP contribution < -0.4 is 4.74 Å². The minimum atomic E-state index is -0.684. The average molecular weight is 317 g/mol. The van der Waals surface area contributed by atoms with Crippen molar-refractivity contribution in [2.24, 2.45) is 0 Å². The van der Waals surface area contributed by atoms with E-state index in [1.165, 1.54) is 36.8 Å². The van der Waals surface area contributed by atoms with Crippen LogP contribution in [0.5, 0.6) is 5.75 Å². The highest BCUT2D eigenvalue weighted by Crippen LogP contribution is 2.29. The van der Waals surface area contributed by atoms with E-state index in [-0.39, 0.29) is 6.42 Å². The second-order valence-electron chi connectivity index (χ2n) is 6.80. The number of unbranched alkanes of at least 4 members (excludes halogenated alkanes) is 1. The van der Waals surface area contributed by atoms with Gasteiger partial charge in [0.25, 0.3) is 0 Å². The maximum absolute atomic E-state index is 10.7. The first-order valence-corrected chi connectivity index (χ1v) is 8.93. The van der Waals surface area contributed by atoms with E-state index in [1.807, 2.05) is 0 Å². The van der Waals surface area contributed by atoms with Crippen molar-refractivity contribution in [1.82, 2.24) is 4.90 Å². The van der Waals surface area contributed by atoms with Crippen LogP contribution in [0.25, 0.3) is 0 Å². The van der Waals surface area contributed by atoms with Crippen LogP contribution in [0, 0.1) is 0 Å². The van der Waals surface area contributed by atoms with Crippen LogP contribution in [-0.2, 0) is 17.8 Å². The quantitative estimate of drug-likeness (QED) is 0.744. The molecule has 126 valence electrons. The van der Waals surface area contributed by atoms with Crippen molar-refractivity contribution in [3.63, 3.8) is 0 Å². The molecule has 1 heterocycles. The molecule has 0 atom stereocenters. The number of ether oxygens (including phenoxy) is 1. The van der Waals surface area contributed by atoms with Crippen LogP contribution in [-0.4, -0.2) is 35.2 Å². The van der Waals surface area contributed by atoms with Gasteiger partial charge in [0.2, 0.25) is 0 Å². The second kappa shape index (κ2) is 7.82. The van der Waals surface area contributed by atoms with Crippen LogP contribution in [0.2, 0.25) is 0 Å². The summed E-state index contributed by atoms with van der Waals surface area (Å²) in [6.07, 6.45) is 8.27. The Hall–Kier alpha value is -1.55. The summed E-state index contributed by atoms with van der Waals surface area (Å²) in [5.74, 6) is 0.360. The third-order valence-electron chi connectivity index (χ3n) is 5.07. The molecule has 0 radical (unpaired) electrons. The fourth-order valence-electron chi connectivity index (χ4n) is 3.82. The summed E-state index contributed by atoms with van der Waals surface area (Å²) in [6.45, 7) is 2.79. The molecule has 0 bridgehead atoms. The smallest absolute Gasteiger partial charge is 0.303 e. The molecule has 4 nitrogen and oxygen atoms in total. The Morgan fingerprint density at radius 1 is 1.26 bits per heavy atom. The molecule has 0 unspecified atom stereocenters. The number of benzene rings is 1. The fourth-order valence-corrected chi connectivity index (χ4v) is 3.82. The number of nitrogens with zero attached hydrogens (tertiary/aromatic N) is 1. The lowest BCUT2D eigenvalue weighted by atomic mass is 10.1. The molecule has 2 aliphatic rings. The number of aliphatic carboxylic acids is 1. The molecule has 4 heteroatoms. The topological polar surface area (TPSA) is 49.8 Å². The van der Waals surface area contributed by atoms with E-state index >= 15 is 0 Å². The minimum Gasteiger partial charge on any atom is -0.493 e. The molecule has 0 amide bonds. The van der Waals surface area contributed by atoms with E-state index in [4.69, 9.17) is 9.84 Å². The van der Waals surface area contributed by atoms with Gasteiger partial charge in [-0.25, -0.2) is 0 Å². The molecule has 1 aliphatic carbocycles. The zero-order chi connectivity index (χ0) is 16.1. The molecule has 0 saturated heterocycles. The molecule has 23 heavy (non-hydrogen) atoms. The number of hydrogen-bond donors (Lipinski definition) is 1. The molecule has 1 N–H and O–H groups in total. The Bertz CT molecular complexity index is 537. The van der Waals surface area contributed by atoms with Crippen molar-refractivity contribution in [1.29, 1.82) is 0 Å². The molecular formula is C19H27NO3. The fraction of sp³-hybridized carbons (Fsp3) is 0.632. The molecule has 1 aromatic carbocycles. The predicted molar refractivity (Wildman–Crippen MR) is 89.8 cm³/mol. The summed E-state index contributed by atoms with van der Waals surface area (Å²) >= 11 is 0. The number of hydrogen-bond acceptors (Lipinski definition) is 3. The Morgan fingerprint density at radius 3 is 2.87 bits per heavy atom. The maximum atomic E-state index is 10.7. The zero-order valence-corrected chi connectivity index (χ0v) is 13.8. The summed E-state index contributed by atoms with van der Waals surface area (Å²) in [5, 5.41) is 8.79. The average Bonchev–Trinajstić information content (AvgIpc) is 3.20. The van der Waals surface area contributed by atoms with Gasteiger partial charge in [-0.05, 0) is 49.4 Å². The Morgan fingerprint density at radius 2 is 2.09 bits per heavy atom. The van der Waals surface area contributed by atoms with Crippen LogP contribution in [0.3, 0.4) is 0 Å². The highest BCUT2D eigenvalue weighted by Gasteiger charge is 2.23. The summed E-state index contributed by atoms with van der Waals surface area (Å²) < 4.78 is 5.59. The molecule has 1 fully saturated rings. The summed E-state index contributed by atoms with van der Waals surface area (Å²) in [7, 11) is 0. The van der Waals surface area contributed by atoms with E-state index in [0.29, 0.717) is 6.04 Å². The van der Waals surface area contributed by atoms with Gasteiger partial charge in [-0.2, -0.15) is 0 Å². The van der Waals surface area contributed by atoms with Crippen LogP contribution in [0.15, 0.2) is 18.2 Å². The van der Waals surface area contributed by atoms with Crippen molar-refractivity contribution in [3.8, 4) is 5.75 Å². The van der Waals surface area contributed by atoms with Gasteiger partial charge < -0.3 is 9.84 Å². The SMILES string of the molecule is O=C(O)CCCCN(Cc1ccc2c(c1)CCO2)C1CCCC1. The van der Waals surface area contributed by atoms with E-state index in [2.05, 4.69) is 23.1 Å². The van der Waals surface area contributed by atoms with E-state index in [1.54, 1.807) is 0 Å². The van der Waals surface area contributed by atoms with Crippen LogP contribution >= 0.6 is 0 Å². The van der Waals surface area contributed by atoms with Crippen molar-refractivity contribution < 1.29 is 14.6 Å². The monoisotopic (exact) mass is 317 g/mol. The lowest BCUT2D eigenvalue weighted by molar-refractivity contribution is -0.137. The van der Waals surface area contributed by atoms with E-state index < -0.39 is 5.97 Å². The van der Waals surface area contributed by atoms with Crippen molar-refractivity contribution in [3.05, 3.63) is 29.3 Å². The van der Waals surface area contributed by atoms with Gasteiger partial charge in [-0.15, -0.1) is 0 Å². The summed E-state index contributed by atoms with van der Waals surface area (Å²) in [5.41, 5.74) is 2.69. The normalized spacial score (nSPS) is 17.4. The minimum absolute atomic E-state index is 0.286. The van der Waals surface area contributed by atoms with Gasteiger partial charge in [-0.3, -0.25) is 9.69 Å². The Balaban J connectivity index is 1.59. The third-order valence-corrected chi connectivity index (χ3v) is 5.07. The largest absolute Gasteiger partial charge is 0.493 e. The molecule has 1 saturated carbocycles. The highest BCUT2D eigenvalue weighted by atomic mass is 16.5. The Labute approximate surface area is 138 Å². The number of carboxylic acid groups (broad SMARTS) is 1. The number of rotatable bonds is 8. The van der Waals surface area contributed by atoms with Crippen molar-refractivity contribution in [2.75, 3.05) is 13.2 Å². The van der Waals surface area contributed by atoms with Gasteiger partial charge in [0.15, 0.2) is 0 Å². The first kappa shape index (κ1) is 16.3. The third kappa shape index (κ3) is 4.47.